The van der Waals surface area contributed by atoms with Crippen LogP contribution in [-0.2, 0) is 23.1 Å². The van der Waals surface area contributed by atoms with E-state index in [1.165, 1.54) is 11.3 Å². The molecule has 1 aliphatic heterocycles. The van der Waals surface area contributed by atoms with E-state index in [0.717, 1.165) is 10.7 Å². The van der Waals surface area contributed by atoms with Gasteiger partial charge in [-0.25, -0.2) is 4.98 Å². The van der Waals surface area contributed by atoms with Crippen molar-refractivity contribution in [3.05, 3.63) is 34.0 Å². The molecule has 0 aliphatic carbocycles. The summed E-state index contributed by atoms with van der Waals surface area (Å²) in [6.07, 6.45) is 1.58. The van der Waals surface area contributed by atoms with E-state index in [9.17, 15) is 4.79 Å². The maximum absolute atomic E-state index is 12.9. The first kappa shape index (κ1) is 17.1. The van der Waals surface area contributed by atoms with Gasteiger partial charge in [-0.2, -0.15) is 5.10 Å². The van der Waals surface area contributed by atoms with Gasteiger partial charge in [-0.1, -0.05) is 0 Å². The largest absolute Gasteiger partial charge is 0.348 e. The van der Waals surface area contributed by atoms with Crippen LogP contribution >= 0.6 is 11.3 Å². The lowest BCUT2D eigenvalue weighted by molar-refractivity contribution is -0.139. The molecule has 3 rings (SSSR count). The minimum Gasteiger partial charge on any atom is -0.348 e. The van der Waals surface area contributed by atoms with E-state index in [0.29, 0.717) is 25.4 Å². The van der Waals surface area contributed by atoms with Crippen molar-refractivity contribution in [3.63, 3.8) is 0 Å². The molecule has 0 saturated carbocycles. The molecule has 0 bridgehead atoms. The normalized spacial score (nSPS) is 19.6. The maximum atomic E-state index is 12.9. The molecule has 0 unspecified atom stereocenters. The van der Waals surface area contributed by atoms with Gasteiger partial charge in [0.15, 0.2) is 11.5 Å². The lowest BCUT2D eigenvalue weighted by atomic mass is 10.2. The molecule has 24 heavy (non-hydrogen) atoms. The molecule has 1 aliphatic rings. The number of amides is 1. The van der Waals surface area contributed by atoms with Crippen LogP contribution in [0.3, 0.4) is 0 Å². The minimum atomic E-state index is -0.609. The molecule has 1 saturated heterocycles. The Balaban J connectivity index is 1.77. The summed E-state index contributed by atoms with van der Waals surface area (Å²) in [7, 11) is 1.83. The van der Waals surface area contributed by atoms with E-state index in [1.54, 1.807) is 21.8 Å². The number of hydrogen-bond donors (Lipinski definition) is 0. The van der Waals surface area contributed by atoms with Crippen LogP contribution in [0.4, 0.5) is 0 Å². The number of nitrogens with zero attached hydrogens (tertiary/aromatic N) is 4. The van der Waals surface area contributed by atoms with Gasteiger partial charge in [0.1, 0.15) is 11.1 Å². The second-order valence-corrected chi connectivity index (χ2v) is 7.34. The average molecular weight is 350 g/mol. The van der Waals surface area contributed by atoms with Crippen molar-refractivity contribution in [2.45, 2.75) is 39.2 Å². The molecule has 2 aromatic rings. The Labute approximate surface area is 145 Å². The second kappa shape index (κ2) is 6.62. The summed E-state index contributed by atoms with van der Waals surface area (Å²) in [6.45, 7) is 7.02. The number of hydrogen-bond acceptors (Lipinski definition) is 6. The fourth-order valence-electron chi connectivity index (χ4n) is 2.64. The zero-order chi connectivity index (χ0) is 17.3. The van der Waals surface area contributed by atoms with Gasteiger partial charge in [0.2, 0.25) is 0 Å². The SMILES string of the molecule is Cc1cc(C(=O)N(Cc2nccs2)C[C@H]2COC(C)(C)O2)nn1C. The van der Waals surface area contributed by atoms with E-state index < -0.39 is 5.79 Å². The molecule has 0 aromatic carbocycles. The summed E-state index contributed by atoms with van der Waals surface area (Å²) in [6, 6.07) is 1.80. The summed E-state index contributed by atoms with van der Waals surface area (Å²) in [5.74, 6) is -0.732. The van der Waals surface area contributed by atoms with Crippen molar-refractivity contribution in [3.8, 4) is 0 Å². The summed E-state index contributed by atoms with van der Waals surface area (Å²) in [4.78, 5) is 18.9. The van der Waals surface area contributed by atoms with Crippen molar-refractivity contribution in [1.82, 2.24) is 19.7 Å². The summed E-state index contributed by atoms with van der Waals surface area (Å²) in [5, 5.41) is 7.09. The van der Waals surface area contributed by atoms with Crippen LogP contribution in [0.25, 0.3) is 0 Å². The molecular formula is C16H22N4O3S. The van der Waals surface area contributed by atoms with Gasteiger partial charge < -0.3 is 14.4 Å². The molecule has 1 amide bonds. The molecule has 3 heterocycles. The first-order chi connectivity index (χ1) is 11.3. The Hall–Kier alpha value is -1.77. The number of carbonyl (C=O) groups excluding carboxylic acids is 1. The molecule has 0 N–H and O–H groups in total. The Morgan fingerprint density at radius 1 is 1.54 bits per heavy atom. The van der Waals surface area contributed by atoms with Crippen LogP contribution in [0.5, 0.6) is 0 Å². The molecule has 1 atom stereocenters. The Morgan fingerprint density at radius 3 is 2.88 bits per heavy atom. The van der Waals surface area contributed by atoms with E-state index in [1.807, 2.05) is 33.2 Å². The highest BCUT2D eigenvalue weighted by Gasteiger charge is 2.35. The van der Waals surface area contributed by atoms with Gasteiger partial charge in [-0.15, -0.1) is 11.3 Å². The third-order valence-corrected chi connectivity index (χ3v) is 4.69. The predicted molar refractivity (Wildman–Crippen MR) is 89.7 cm³/mol. The molecule has 2 aromatic heterocycles. The zero-order valence-electron chi connectivity index (χ0n) is 14.4. The fourth-order valence-corrected chi connectivity index (χ4v) is 3.27. The Bertz CT molecular complexity index is 691. The van der Waals surface area contributed by atoms with Gasteiger partial charge in [0.05, 0.1) is 19.7 Å². The fraction of sp³-hybridized carbons (Fsp3) is 0.562. The lowest BCUT2D eigenvalue weighted by Crippen LogP contribution is -2.39. The molecule has 8 heteroatoms. The van der Waals surface area contributed by atoms with Gasteiger partial charge in [0.25, 0.3) is 5.91 Å². The topological polar surface area (TPSA) is 69.5 Å². The molecule has 130 valence electrons. The number of thiazole rings is 1. The van der Waals surface area contributed by atoms with Crippen molar-refractivity contribution in [1.29, 1.82) is 0 Å². The molecule has 1 fully saturated rings. The van der Waals surface area contributed by atoms with E-state index in [4.69, 9.17) is 9.47 Å². The Morgan fingerprint density at radius 2 is 2.33 bits per heavy atom. The standard InChI is InChI=1S/C16H22N4O3S/c1-11-7-13(18-19(11)4)15(21)20(9-14-17-5-6-24-14)8-12-10-22-16(2,3)23-12/h5-7,12H,8-10H2,1-4H3/t12-/m0/s1. The zero-order valence-corrected chi connectivity index (χ0v) is 15.2. The first-order valence-corrected chi connectivity index (χ1v) is 8.72. The maximum Gasteiger partial charge on any atom is 0.274 e. The van der Waals surface area contributed by atoms with Crippen molar-refractivity contribution in [2.24, 2.45) is 7.05 Å². The highest BCUT2D eigenvalue weighted by molar-refractivity contribution is 7.09. The summed E-state index contributed by atoms with van der Waals surface area (Å²) < 4.78 is 13.2. The third-order valence-electron chi connectivity index (χ3n) is 3.92. The molecule has 0 radical (unpaired) electrons. The Kier molecular flexibility index (Phi) is 4.71. The minimum absolute atomic E-state index is 0.123. The van der Waals surface area contributed by atoms with Gasteiger partial charge in [-0.3, -0.25) is 9.48 Å². The van der Waals surface area contributed by atoms with Crippen molar-refractivity contribution < 1.29 is 14.3 Å². The van der Waals surface area contributed by atoms with E-state index in [-0.39, 0.29) is 12.0 Å². The second-order valence-electron chi connectivity index (χ2n) is 6.36. The van der Waals surface area contributed by atoms with Crippen molar-refractivity contribution in [2.75, 3.05) is 13.2 Å². The summed E-state index contributed by atoms with van der Waals surface area (Å²) >= 11 is 1.53. The smallest absolute Gasteiger partial charge is 0.274 e. The van der Waals surface area contributed by atoms with Gasteiger partial charge in [-0.05, 0) is 26.8 Å². The van der Waals surface area contributed by atoms with Crippen LogP contribution < -0.4 is 0 Å². The number of rotatable bonds is 5. The highest BCUT2D eigenvalue weighted by atomic mass is 32.1. The number of carbonyl (C=O) groups is 1. The number of aromatic nitrogens is 3. The van der Waals surface area contributed by atoms with Gasteiger partial charge in [0, 0.05) is 24.3 Å². The monoisotopic (exact) mass is 350 g/mol. The molecule has 7 nitrogen and oxygen atoms in total. The first-order valence-electron chi connectivity index (χ1n) is 7.84. The van der Waals surface area contributed by atoms with Crippen LogP contribution in [0.2, 0.25) is 0 Å². The predicted octanol–water partition coefficient (Wildman–Crippen LogP) is 1.98. The quantitative estimate of drug-likeness (QED) is 0.825. The number of ether oxygens (including phenoxy) is 2. The third kappa shape index (κ3) is 3.82. The van der Waals surface area contributed by atoms with Crippen LogP contribution in [-0.4, -0.2) is 50.6 Å². The highest BCUT2D eigenvalue weighted by Crippen LogP contribution is 2.24. The van der Waals surface area contributed by atoms with Crippen LogP contribution in [0.15, 0.2) is 17.6 Å². The average Bonchev–Trinajstić information content (AvgIpc) is 3.21. The van der Waals surface area contributed by atoms with Crippen LogP contribution in [0, 0.1) is 6.92 Å². The molecular weight excluding hydrogens is 328 g/mol. The van der Waals surface area contributed by atoms with E-state index in [2.05, 4.69) is 10.1 Å². The number of aryl methyl sites for hydroxylation is 2. The van der Waals surface area contributed by atoms with Gasteiger partial charge >= 0.3 is 0 Å². The van der Waals surface area contributed by atoms with Crippen LogP contribution in [0.1, 0.15) is 35.0 Å². The lowest BCUT2D eigenvalue weighted by Gasteiger charge is -2.24. The van der Waals surface area contributed by atoms with Crippen molar-refractivity contribution >= 4 is 17.2 Å². The van der Waals surface area contributed by atoms with E-state index >= 15 is 0 Å². The molecule has 0 spiro atoms. The summed E-state index contributed by atoms with van der Waals surface area (Å²) in [5.41, 5.74) is 1.37.